The molecule has 3 heteroatoms. The molecule has 0 aliphatic rings. The van der Waals surface area contributed by atoms with Crippen LogP contribution in [-0.2, 0) is 4.74 Å². The summed E-state index contributed by atoms with van der Waals surface area (Å²) in [5, 5.41) is 0. The highest BCUT2D eigenvalue weighted by Crippen LogP contribution is 2.11. The maximum atomic E-state index is 11.8. The molecule has 0 bridgehead atoms. The molecular weight excluding hydrogens is 387 g/mol. The molecule has 0 spiro atoms. The van der Waals surface area contributed by atoms with E-state index in [0.717, 1.165) is 16.4 Å². The van der Waals surface area contributed by atoms with Gasteiger partial charge in [-0.1, -0.05) is 64.7 Å². The van der Waals surface area contributed by atoms with Crippen molar-refractivity contribution in [1.82, 2.24) is 0 Å². The van der Waals surface area contributed by atoms with E-state index in [0.29, 0.717) is 12.2 Å². The van der Waals surface area contributed by atoms with Crippen molar-refractivity contribution in [2.75, 3.05) is 6.61 Å². The fraction of sp³-hybridized carbons (Fsp3) is 0.632. The second kappa shape index (κ2) is 12.9. The number of carbonyl (C=O) groups excluding carboxylic acids is 1. The Hall–Kier alpha value is -0.580. The standard InChI is InChI=1S/C19H29IO2/c1-2-3-4-5-6-7-8-9-10-11-16-22-19(21)17-12-14-18(20)15-13-17/h12-15H,2-11,16H2,1H3. The van der Waals surface area contributed by atoms with Gasteiger partial charge < -0.3 is 4.74 Å². The van der Waals surface area contributed by atoms with Gasteiger partial charge in [0.2, 0.25) is 0 Å². The van der Waals surface area contributed by atoms with Crippen molar-refractivity contribution in [3.05, 3.63) is 33.4 Å². The second-order valence-electron chi connectivity index (χ2n) is 5.82. The Morgan fingerprint density at radius 3 is 1.91 bits per heavy atom. The number of esters is 1. The van der Waals surface area contributed by atoms with E-state index in [1.807, 2.05) is 24.3 Å². The zero-order valence-corrected chi connectivity index (χ0v) is 15.9. The van der Waals surface area contributed by atoms with Crippen molar-refractivity contribution in [2.45, 2.75) is 71.1 Å². The molecule has 0 N–H and O–H groups in total. The zero-order valence-electron chi connectivity index (χ0n) is 13.8. The average Bonchev–Trinajstić information content (AvgIpc) is 2.53. The van der Waals surface area contributed by atoms with Crippen LogP contribution in [0.2, 0.25) is 0 Å². The Morgan fingerprint density at radius 2 is 1.36 bits per heavy atom. The fourth-order valence-corrected chi connectivity index (χ4v) is 2.78. The highest BCUT2D eigenvalue weighted by atomic mass is 127. The smallest absolute Gasteiger partial charge is 0.338 e. The van der Waals surface area contributed by atoms with Gasteiger partial charge >= 0.3 is 5.97 Å². The molecule has 1 aromatic carbocycles. The average molecular weight is 416 g/mol. The molecule has 0 unspecified atom stereocenters. The number of hydrogen-bond acceptors (Lipinski definition) is 2. The maximum Gasteiger partial charge on any atom is 0.338 e. The SMILES string of the molecule is CCCCCCCCCCCCOC(=O)c1ccc(I)cc1. The van der Waals surface area contributed by atoms with E-state index in [1.54, 1.807) is 0 Å². The Kier molecular flexibility index (Phi) is 11.4. The number of carbonyl (C=O) groups is 1. The molecule has 2 nitrogen and oxygen atoms in total. The van der Waals surface area contributed by atoms with Gasteiger partial charge in [-0.05, 0) is 53.3 Å². The molecule has 0 heterocycles. The second-order valence-corrected chi connectivity index (χ2v) is 7.07. The van der Waals surface area contributed by atoms with Crippen LogP contribution >= 0.6 is 22.6 Å². The largest absolute Gasteiger partial charge is 0.462 e. The van der Waals surface area contributed by atoms with Gasteiger partial charge in [-0.25, -0.2) is 4.79 Å². The summed E-state index contributed by atoms with van der Waals surface area (Å²) in [7, 11) is 0. The van der Waals surface area contributed by atoms with Crippen molar-refractivity contribution in [2.24, 2.45) is 0 Å². The van der Waals surface area contributed by atoms with Gasteiger partial charge in [0.1, 0.15) is 0 Å². The summed E-state index contributed by atoms with van der Waals surface area (Å²) in [4.78, 5) is 11.8. The molecule has 1 rings (SSSR count). The molecule has 0 saturated heterocycles. The molecule has 0 amide bonds. The topological polar surface area (TPSA) is 26.3 Å². The van der Waals surface area contributed by atoms with Crippen LogP contribution in [0.3, 0.4) is 0 Å². The number of benzene rings is 1. The number of hydrogen-bond donors (Lipinski definition) is 0. The van der Waals surface area contributed by atoms with Gasteiger partial charge in [-0.3, -0.25) is 0 Å². The van der Waals surface area contributed by atoms with E-state index >= 15 is 0 Å². The van der Waals surface area contributed by atoms with E-state index in [1.165, 1.54) is 51.4 Å². The number of ether oxygens (including phenoxy) is 1. The van der Waals surface area contributed by atoms with Crippen molar-refractivity contribution in [3.8, 4) is 0 Å². The molecule has 0 radical (unpaired) electrons. The van der Waals surface area contributed by atoms with Crippen molar-refractivity contribution < 1.29 is 9.53 Å². The molecule has 22 heavy (non-hydrogen) atoms. The molecule has 124 valence electrons. The number of rotatable bonds is 12. The molecule has 0 aliphatic heterocycles. The molecule has 0 aromatic heterocycles. The van der Waals surface area contributed by atoms with Crippen LogP contribution in [0.15, 0.2) is 24.3 Å². The van der Waals surface area contributed by atoms with Crippen LogP contribution in [0.25, 0.3) is 0 Å². The summed E-state index contributed by atoms with van der Waals surface area (Å²) in [5.41, 5.74) is 0.646. The Labute approximate surface area is 149 Å². The molecule has 1 aromatic rings. The van der Waals surface area contributed by atoms with Crippen LogP contribution in [0.1, 0.15) is 81.5 Å². The minimum absolute atomic E-state index is 0.202. The molecule has 0 aliphatic carbocycles. The number of unbranched alkanes of at least 4 members (excludes halogenated alkanes) is 9. The molecule has 0 saturated carbocycles. The first-order valence-corrected chi connectivity index (χ1v) is 9.74. The lowest BCUT2D eigenvalue weighted by atomic mass is 10.1. The van der Waals surface area contributed by atoms with E-state index in [4.69, 9.17) is 4.74 Å². The van der Waals surface area contributed by atoms with Crippen LogP contribution in [0.4, 0.5) is 0 Å². The monoisotopic (exact) mass is 416 g/mol. The molecular formula is C19H29IO2. The van der Waals surface area contributed by atoms with Gasteiger partial charge in [0.15, 0.2) is 0 Å². The predicted molar refractivity (Wildman–Crippen MR) is 101 cm³/mol. The lowest BCUT2D eigenvalue weighted by molar-refractivity contribution is 0.0497. The first kappa shape index (κ1) is 19.5. The fourth-order valence-electron chi connectivity index (χ4n) is 2.42. The molecule has 0 fully saturated rings. The lowest BCUT2D eigenvalue weighted by Gasteiger charge is -2.05. The van der Waals surface area contributed by atoms with Crippen LogP contribution in [0.5, 0.6) is 0 Å². The normalized spacial score (nSPS) is 10.6. The third-order valence-corrected chi connectivity index (χ3v) is 4.53. The Bertz CT molecular complexity index is 400. The first-order valence-electron chi connectivity index (χ1n) is 8.66. The minimum atomic E-state index is -0.202. The highest BCUT2D eigenvalue weighted by Gasteiger charge is 2.05. The summed E-state index contributed by atoms with van der Waals surface area (Å²) in [5.74, 6) is -0.202. The Balaban J connectivity index is 1.93. The van der Waals surface area contributed by atoms with Gasteiger partial charge in [-0.15, -0.1) is 0 Å². The summed E-state index contributed by atoms with van der Waals surface area (Å²) < 4.78 is 6.43. The van der Waals surface area contributed by atoms with Gasteiger partial charge in [0.25, 0.3) is 0 Å². The van der Waals surface area contributed by atoms with Crippen molar-refractivity contribution >= 4 is 28.6 Å². The van der Waals surface area contributed by atoms with Crippen molar-refractivity contribution in [1.29, 1.82) is 0 Å². The summed E-state index contributed by atoms with van der Waals surface area (Å²) >= 11 is 2.23. The van der Waals surface area contributed by atoms with Gasteiger partial charge in [0.05, 0.1) is 12.2 Å². The molecule has 0 atom stereocenters. The maximum absolute atomic E-state index is 11.8. The third-order valence-electron chi connectivity index (χ3n) is 3.81. The minimum Gasteiger partial charge on any atom is -0.462 e. The lowest BCUT2D eigenvalue weighted by Crippen LogP contribution is -2.06. The third kappa shape index (κ3) is 9.44. The highest BCUT2D eigenvalue weighted by molar-refractivity contribution is 14.1. The Morgan fingerprint density at radius 1 is 0.864 bits per heavy atom. The summed E-state index contributed by atoms with van der Waals surface area (Å²) in [6, 6.07) is 7.50. The zero-order chi connectivity index (χ0) is 16.0. The summed E-state index contributed by atoms with van der Waals surface area (Å²) in [6.45, 7) is 2.80. The van der Waals surface area contributed by atoms with E-state index in [2.05, 4.69) is 29.5 Å². The first-order chi connectivity index (χ1) is 10.7. The van der Waals surface area contributed by atoms with Gasteiger partial charge in [-0.2, -0.15) is 0 Å². The quantitative estimate of drug-likeness (QED) is 0.225. The van der Waals surface area contributed by atoms with E-state index in [-0.39, 0.29) is 5.97 Å². The van der Waals surface area contributed by atoms with E-state index < -0.39 is 0 Å². The van der Waals surface area contributed by atoms with Gasteiger partial charge in [0, 0.05) is 3.57 Å². The summed E-state index contributed by atoms with van der Waals surface area (Å²) in [6.07, 6.45) is 12.9. The van der Waals surface area contributed by atoms with Crippen LogP contribution in [0, 0.1) is 3.57 Å². The number of halogens is 1. The van der Waals surface area contributed by atoms with Crippen LogP contribution < -0.4 is 0 Å². The predicted octanol–water partition coefficient (Wildman–Crippen LogP) is 6.37. The van der Waals surface area contributed by atoms with E-state index in [9.17, 15) is 4.79 Å². The van der Waals surface area contributed by atoms with Crippen LogP contribution in [-0.4, -0.2) is 12.6 Å². The van der Waals surface area contributed by atoms with Crippen molar-refractivity contribution in [3.63, 3.8) is 0 Å².